The minimum absolute atomic E-state index is 0.0585. The normalized spacial score (nSPS) is 15.7. The van der Waals surface area contributed by atoms with Gasteiger partial charge in [-0.3, -0.25) is 10.2 Å². The largest absolute Gasteiger partial charge is 0.398 e. The van der Waals surface area contributed by atoms with Gasteiger partial charge in [0.1, 0.15) is 5.17 Å². The number of aryl methyl sites for hydroxylation is 2. The van der Waals surface area contributed by atoms with Gasteiger partial charge in [0.25, 0.3) is 5.91 Å². The fraction of sp³-hybridized carbons (Fsp3) is 0.261. The maximum atomic E-state index is 15.2. The Morgan fingerprint density at radius 3 is 2.30 bits per heavy atom. The summed E-state index contributed by atoms with van der Waals surface area (Å²) in [6.45, 7) is 5.23. The quantitative estimate of drug-likeness (QED) is 0.712. The molecule has 5 nitrogen and oxygen atoms in total. The van der Waals surface area contributed by atoms with Gasteiger partial charge in [0.05, 0.1) is 24.7 Å². The van der Waals surface area contributed by atoms with Crippen molar-refractivity contribution in [3.05, 3.63) is 75.4 Å². The molecule has 154 valence electrons. The van der Waals surface area contributed by atoms with Gasteiger partial charge in [0.2, 0.25) is 0 Å². The molecule has 0 aliphatic carbocycles. The molecule has 3 N–H and O–H groups in total. The lowest BCUT2D eigenvalue weighted by atomic mass is 9.86. The van der Waals surface area contributed by atoms with Crippen LogP contribution in [0, 0.1) is 30.6 Å². The average molecular weight is 425 g/mol. The van der Waals surface area contributed by atoms with Crippen LogP contribution in [0.25, 0.3) is 5.70 Å². The number of likely N-dealkylation sites (tertiary alicyclic amines) is 1. The van der Waals surface area contributed by atoms with Crippen LogP contribution in [-0.2, 0) is 5.67 Å². The highest BCUT2D eigenvalue weighted by atomic mass is 35.5. The number of nitrogens with zero attached hydrogens (tertiary/aromatic N) is 2. The van der Waals surface area contributed by atoms with Crippen LogP contribution >= 0.6 is 11.6 Å². The van der Waals surface area contributed by atoms with Gasteiger partial charge in [-0.05, 0) is 55.7 Å². The van der Waals surface area contributed by atoms with E-state index in [0.29, 0.717) is 33.5 Å². The van der Waals surface area contributed by atoms with Crippen molar-refractivity contribution in [1.29, 1.82) is 10.7 Å². The number of rotatable bonds is 4. The van der Waals surface area contributed by atoms with E-state index in [1.165, 1.54) is 4.90 Å². The number of nitrogens with one attached hydrogen (secondary N) is 1. The Bertz CT molecular complexity index is 1110. The van der Waals surface area contributed by atoms with E-state index in [1.54, 1.807) is 37.3 Å². The van der Waals surface area contributed by atoms with Crippen LogP contribution in [0.2, 0.25) is 0 Å². The number of allylic oxidation sites excluding steroid dienone is 1. The monoisotopic (exact) mass is 424 g/mol. The van der Waals surface area contributed by atoms with Gasteiger partial charge in [0.15, 0.2) is 5.67 Å². The Kier molecular flexibility index (Phi) is 5.69. The van der Waals surface area contributed by atoms with Crippen molar-refractivity contribution >= 4 is 28.4 Å². The van der Waals surface area contributed by atoms with Crippen LogP contribution in [-0.4, -0.2) is 29.1 Å². The molecule has 0 unspecified atom stereocenters. The number of halogens is 2. The zero-order valence-corrected chi connectivity index (χ0v) is 17.8. The molecule has 1 aliphatic heterocycles. The van der Waals surface area contributed by atoms with Gasteiger partial charge >= 0.3 is 0 Å². The molecule has 0 spiro atoms. The highest BCUT2D eigenvalue weighted by molar-refractivity contribution is 6.69. The number of hydrogen-bond acceptors (Lipinski definition) is 4. The first kappa shape index (κ1) is 21.5. The topological polar surface area (TPSA) is 94.0 Å². The van der Waals surface area contributed by atoms with Crippen molar-refractivity contribution in [3.63, 3.8) is 0 Å². The summed E-state index contributed by atoms with van der Waals surface area (Å²) >= 11 is 5.76. The lowest BCUT2D eigenvalue weighted by Crippen LogP contribution is -2.58. The minimum atomic E-state index is -1.63. The maximum Gasteiger partial charge on any atom is 0.254 e. The molecule has 2 aromatic rings. The second-order valence-electron chi connectivity index (χ2n) is 7.65. The van der Waals surface area contributed by atoms with Crippen LogP contribution in [0.3, 0.4) is 0 Å². The molecule has 1 fully saturated rings. The molecule has 30 heavy (non-hydrogen) atoms. The molecule has 0 atom stereocenters. The lowest BCUT2D eigenvalue weighted by Gasteiger charge is -2.45. The number of amides is 1. The number of nitrogens with two attached hydrogens (primary N) is 1. The standard InChI is InChI=1S/C23H22ClFN4O/c1-13-8-14(2)19(9-18(13)20(27)15(3)21(24)28)22(30)29-11-23(25,12-29)17-6-4-16(10-26)5-7-17/h4-9,28H,11-12,27H2,1-3H3/b20-15-,28-21?. The molecule has 7 heteroatoms. The van der Waals surface area contributed by atoms with Crippen LogP contribution in [0.4, 0.5) is 4.39 Å². The Morgan fingerprint density at radius 1 is 1.20 bits per heavy atom. The zero-order valence-electron chi connectivity index (χ0n) is 17.0. The summed E-state index contributed by atoms with van der Waals surface area (Å²) in [6, 6.07) is 11.9. The van der Waals surface area contributed by atoms with Crippen molar-refractivity contribution in [2.75, 3.05) is 13.1 Å². The second kappa shape index (κ2) is 7.92. The third-order valence-corrected chi connectivity index (χ3v) is 5.81. The molecule has 0 aromatic heterocycles. The smallest absolute Gasteiger partial charge is 0.254 e. The summed E-state index contributed by atoms with van der Waals surface area (Å²) in [5.41, 5.74) is 8.91. The fourth-order valence-corrected chi connectivity index (χ4v) is 3.69. The minimum Gasteiger partial charge on any atom is -0.398 e. The maximum absolute atomic E-state index is 15.2. The van der Waals surface area contributed by atoms with Gasteiger partial charge in [-0.25, -0.2) is 4.39 Å². The third-order valence-electron chi connectivity index (χ3n) is 5.53. The summed E-state index contributed by atoms with van der Waals surface area (Å²) in [4.78, 5) is 14.5. The van der Waals surface area contributed by atoms with E-state index < -0.39 is 5.67 Å². The molecular formula is C23H22ClFN4O. The molecule has 0 radical (unpaired) electrons. The summed E-state index contributed by atoms with van der Waals surface area (Å²) in [5, 5.41) is 16.3. The number of hydrogen-bond donors (Lipinski definition) is 2. The SMILES string of the molecule is C/C(C(=N)Cl)=C(/N)c1cc(C(=O)N2CC(F)(c3ccc(C#N)cc3)C2)c(C)cc1C. The summed E-state index contributed by atoms with van der Waals surface area (Å²) in [7, 11) is 0. The van der Waals surface area contributed by atoms with Crippen molar-refractivity contribution < 1.29 is 9.18 Å². The molecule has 1 saturated heterocycles. The van der Waals surface area contributed by atoms with E-state index in [9.17, 15) is 4.79 Å². The van der Waals surface area contributed by atoms with Gasteiger partial charge in [0, 0.05) is 22.4 Å². The highest BCUT2D eigenvalue weighted by Crippen LogP contribution is 2.37. The number of carbonyl (C=O) groups excluding carboxylic acids is 1. The molecule has 0 saturated carbocycles. The van der Waals surface area contributed by atoms with E-state index in [2.05, 4.69) is 0 Å². The van der Waals surface area contributed by atoms with Crippen molar-refractivity contribution in [3.8, 4) is 6.07 Å². The number of nitriles is 1. The molecule has 0 bridgehead atoms. The zero-order chi connectivity index (χ0) is 22.2. The molecular weight excluding hydrogens is 403 g/mol. The summed E-state index contributed by atoms with van der Waals surface area (Å²) in [5.74, 6) is -0.276. The number of benzene rings is 2. The van der Waals surface area contributed by atoms with Crippen LogP contribution in [0.1, 0.15) is 45.1 Å². The Labute approximate surface area is 180 Å². The van der Waals surface area contributed by atoms with Crippen molar-refractivity contribution in [1.82, 2.24) is 4.90 Å². The number of carbonyl (C=O) groups is 1. The van der Waals surface area contributed by atoms with Gasteiger partial charge < -0.3 is 10.6 Å². The fourth-order valence-electron chi connectivity index (χ4n) is 3.59. The molecule has 2 aromatic carbocycles. The lowest BCUT2D eigenvalue weighted by molar-refractivity contribution is -0.0231. The Hall–Kier alpha value is -3.17. The second-order valence-corrected chi connectivity index (χ2v) is 8.03. The van der Waals surface area contributed by atoms with E-state index in [0.717, 1.165) is 11.1 Å². The van der Waals surface area contributed by atoms with Crippen molar-refractivity contribution in [2.45, 2.75) is 26.4 Å². The van der Waals surface area contributed by atoms with E-state index in [1.807, 2.05) is 26.0 Å². The first-order chi connectivity index (χ1) is 14.1. The predicted molar refractivity (Wildman–Crippen MR) is 116 cm³/mol. The van der Waals surface area contributed by atoms with E-state index >= 15 is 4.39 Å². The predicted octanol–water partition coefficient (Wildman–Crippen LogP) is 4.40. The van der Waals surface area contributed by atoms with Gasteiger partial charge in [-0.15, -0.1) is 0 Å². The molecule has 1 aliphatic rings. The highest BCUT2D eigenvalue weighted by Gasteiger charge is 2.47. The van der Waals surface area contributed by atoms with Crippen LogP contribution in [0.5, 0.6) is 0 Å². The third kappa shape index (κ3) is 3.81. The van der Waals surface area contributed by atoms with Crippen LogP contribution in [0.15, 0.2) is 42.0 Å². The van der Waals surface area contributed by atoms with Gasteiger partial charge in [-0.2, -0.15) is 5.26 Å². The van der Waals surface area contributed by atoms with Crippen LogP contribution < -0.4 is 5.73 Å². The van der Waals surface area contributed by atoms with Gasteiger partial charge in [-0.1, -0.05) is 29.8 Å². The first-order valence-electron chi connectivity index (χ1n) is 9.38. The Morgan fingerprint density at radius 2 is 1.77 bits per heavy atom. The summed E-state index contributed by atoms with van der Waals surface area (Å²) < 4.78 is 15.2. The molecule has 3 rings (SSSR count). The van der Waals surface area contributed by atoms with E-state index in [4.69, 9.17) is 28.0 Å². The summed E-state index contributed by atoms with van der Waals surface area (Å²) in [6.07, 6.45) is 0. The average Bonchev–Trinajstić information content (AvgIpc) is 2.70. The molecule has 1 amide bonds. The number of alkyl halides is 1. The Balaban J connectivity index is 1.86. The van der Waals surface area contributed by atoms with E-state index in [-0.39, 0.29) is 24.2 Å². The first-order valence-corrected chi connectivity index (χ1v) is 9.76. The molecule has 1 heterocycles. The van der Waals surface area contributed by atoms with Crippen molar-refractivity contribution in [2.24, 2.45) is 5.73 Å².